The standard InChI is InChI=1S/C44H54N6O8S/c1-6-28-23-44(28,40(53)49-59(55,56)43(5)18-19-43)48-37(51)33-22-29-25-50(33)39(52)36(42(2,3)4)47-41(54)58-34-21-26(34)13-8-7-9-16-31-35(27-14-12-20-45-24-27)30-15-10-11-17-32(30)46-38(31)57-29/h6,10-12,14-15,17,20,24,26,28-29,33-34,36H,1,7-9,13,16,18-19,21-23,25H2,2-5H3,(H,47,54)(H,48,51)(H,49,53)/t26-,28-,29-,33+,34-,36-,44-/m1/s1. The number of carbonyl (C=O) groups excluding carboxylic acids is 4. The Morgan fingerprint density at radius 2 is 1.83 bits per heavy atom. The van der Waals surface area contributed by atoms with Crippen LogP contribution < -0.4 is 20.1 Å². The van der Waals surface area contributed by atoms with Crippen LogP contribution in [0.15, 0.2) is 61.4 Å². The van der Waals surface area contributed by atoms with Gasteiger partial charge in [-0.3, -0.25) is 24.1 Å². The molecule has 314 valence electrons. The lowest BCUT2D eigenvalue weighted by Crippen LogP contribution is -2.60. The molecule has 2 aromatic heterocycles. The molecule has 8 rings (SSSR count). The van der Waals surface area contributed by atoms with E-state index in [9.17, 15) is 27.6 Å². The van der Waals surface area contributed by atoms with E-state index in [4.69, 9.17) is 14.5 Å². The number of nitrogens with zero attached hydrogens (tertiary/aromatic N) is 3. The van der Waals surface area contributed by atoms with E-state index in [-0.39, 0.29) is 31.4 Å². The molecule has 0 unspecified atom stereocenters. The number of hydrogen-bond acceptors (Lipinski definition) is 10. The highest BCUT2D eigenvalue weighted by molar-refractivity contribution is 7.91. The number of para-hydroxylation sites is 1. The Bertz CT molecular complexity index is 2290. The third-order valence-corrected chi connectivity index (χ3v) is 15.1. The quantitative estimate of drug-likeness (QED) is 0.262. The monoisotopic (exact) mass is 826 g/mol. The highest BCUT2D eigenvalue weighted by Crippen LogP contribution is 2.47. The minimum Gasteiger partial charge on any atom is -0.472 e. The lowest BCUT2D eigenvalue weighted by molar-refractivity contribution is -0.142. The van der Waals surface area contributed by atoms with Crippen LogP contribution in [0.5, 0.6) is 5.88 Å². The maximum Gasteiger partial charge on any atom is 0.408 e. The summed E-state index contributed by atoms with van der Waals surface area (Å²) < 4.78 is 40.1. The summed E-state index contributed by atoms with van der Waals surface area (Å²) >= 11 is 0. The summed E-state index contributed by atoms with van der Waals surface area (Å²) in [6.07, 6.45) is 9.53. The number of benzene rings is 1. The average molecular weight is 827 g/mol. The van der Waals surface area contributed by atoms with E-state index in [0.717, 1.165) is 59.7 Å². The summed E-state index contributed by atoms with van der Waals surface area (Å²) in [7, 11) is -4.01. The van der Waals surface area contributed by atoms with Crippen molar-refractivity contribution in [3.05, 3.63) is 67.0 Å². The van der Waals surface area contributed by atoms with Gasteiger partial charge in [-0.25, -0.2) is 18.2 Å². The second-order valence-corrected chi connectivity index (χ2v) is 20.6. The Morgan fingerprint density at radius 1 is 1.05 bits per heavy atom. The number of aromatic nitrogens is 2. The molecule has 3 aliphatic carbocycles. The smallest absolute Gasteiger partial charge is 0.408 e. The van der Waals surface area contributed by atoms with Crippen LogP contribution in [0.1, 0.15) is 91.0 Å². The van der Waals surface area contributed by atoms with Crippen LogP contribution in [0.4, 0.5) is 4.79 Å². The Morgan fingerprint density at radius 3 is 2.53 bits per heavy atom. The van der Waals surface area contributed by atoms with Gasteiger partial charge in [0.25, 0.3) is 5.91 Å². The van der Waals surface area contributed by atoms with Gasteiger partial charge in [0.1, 0.15) is 29.8 Å². The fourth-order valence-electron chi connectivity index (χ4n) is 8.71. The number of amides is 4. The van der Waals surface area contributed by atoms with Gasteiger partial charge in [0, 0.05) is 46.8 Å². The van der Waals surface area contributed by atoms with Crippen molar-refractivity contribution in [2.75, 3.05) is 6.54 Å². The van der Waals surface area contributed by atoms with E-state index in [2.05, 4.69) is 26.9 Å². The Labute approximate surface area is 345 Å². The molecule has 4 fully saturated rings. The van der Waals surface area contributed by atoms with Crippen molar-refractivity contribution in [1.82, 2.24) is 30.2 Å². The zero-order valence-electron chi connectivity index (χ0n) is 34.2. The summed E-state index contributed by atoms with van der Waals surface area (Å²) in [5, 5.41) is 6.64. The van der Waals surface area contributed by atoms with Gasteiger partial charge in [0.05, 0.1) is 16.8 Å². The van der Waals surface area contributed by atoms with E-state index in [0.29, 0.717) is 25.1 Å². The van der Waals surface area contributed by atoms with E-state index in [1.54, 1.807) is 13.1 Å². The molecule has 59 heavy (non-hydrogen) atoms. The number of fused-ring (bicyclic) bond motifs is 5. The molecule has 3 aromatic rings. The number of ether oxygens (including phenoxy) is 2. The number of pyridine rings is 2. The van der Waals surface area contributed by atoms with Crippen molar-refractivity contribution in [3.63, 3.8) is 0 Å². The van der Waals surface area contributed by atoms with E-state index in [1.807, 2.05) is 63.4 Å². The summed E-state index contributed by atoms with van der Waals surface area (Å²) in [5.74, 6) is -1.89. The number of carbonyl (C=O) groups is 4. The first-order chi connectivity index (χ1) is 28.0. The van der Waals surface area contributed by atoms with Crippen molar-refractivity contribution < 1.29 is 37.1 Å². The third-order valence-electron chi connectivity index (χ3n) is 12.9. The molecular weight excluding hydrogens is 773 g/mol. The van der Waals surface area contributed by atoms with Crippen molar-refractivity contribution in [2.24, 2.45) is 17.3 Å². The third kappa shape index (κ3) is 8.02. The molecule has 15 heteroatoms. The van der Waals surface area contributed by atoms with Crippen LogP contribution in [0.2, 0.25) is 0 Å². The van der Waals surface area contributed by atoms with E-state index >= 15 is 0 Å². The topological polar surface area (TPSA) is 186 Å². The van der Waals surface area contributed by atoms with Crippen molar-refractivity contribution >= 4 is 44.7 Å². The highest BCUT2D eigenvalue weighted by Gasteiger charge is 2.63. The summed E-state index contributed by atoms with van der Waals surface area (Å²) in [4.78, 5) is 67.4. The first-order valence-corrected chi connectivity index (χ1v) is 22.3. The van der Waals surface area contributed by atoms with Crippen molar-refractivity contribution in [2.45, 2.75) is 126 Å². The Kier molecular flexibility index (Phi) is 10.5. The van der Waals surface area contributed by atoms with Gasteiger partial charge in [0.15, 0.2) is 0 Å². The second kappa shape index (κ2) is 15.2. The molecule has 5 aliphatic rings. The number of alkyl carbamates (subject to hydrolysis) is 1. The Balaban J connectivity index is 1.17. The van der Waals surface area contributed by atoms with Gasteiger partial charge in [-0.1, -0.05) is 64.0 Å². The molecule has 2 bridgehead atoms. The van der Waals surface area contributed by atoms with Gasteiger partial charge in [-0.15, -0.1) is 6.58 Å². The van der Waals surface area contributed by atoms with Crippen LogP contribution in [-0.2, 0) is 35.6 Å². The van der Waals surface area contributed by atoms with Gasteiger partial charge < -0.3 is 25.0 Å². The molecule has 4 heterocycles. The fourth-order valence-corrected chi connectivity index (χ4v) is 10.0. The van der Waals surface area contributed by atoms with Crippen molar-refractivity contribution in [3.8, 4) is 17.0 Å². The lowest BCUT2D eigenvalue weighted by Gasteiger charge is -2.35. The molecular formula is C44H54N6O8S. The molecule has 0 radical (unpaired) electrons. The largest absolute Gasteiger partial charge is 0.472 e. The zero-order valence-corrected chi connectivity index (χ0v) is 35.0. The molecule has 0 spiro atoms. The summed E-state index contributed by atoms with van der Waals surface area (Å²) in [6.45, 7) is 10.9. The minimum absolute atomic E-state index is 0.0298. The van der Waals surface area contributed by atoms with E-state index in [1.165, 1.54) is 11.0 Å². The molecule has 2 aliphatic heterocycles. The second-order valence-electron chi connectivity index (χ2n) is 18.4. The molecule has 1 saturated heterocycles. The maximum absolute atomic E-state index is 14.8. The molecule has 3 saturated carbocycles. The maximum atomic E-state index is 14.8. The first-order valence-electron chi connectivity index (χ1n) is 20.8. The number of rotatable bonds is 7. The zero-order chi connectivity index (χ0) is 41.9. The van der Waals surface area contributed by atoms with Crippen LogP contribution in [0, 0.1) is 17.3 Å². The van der Waals surface area contributed by atoms with Gasteiger partial charge in [0.2, 0.25) is 27.7 Å². The van der Waals surface area contributed by atoms with Crippen LogP contribution in [-0.4, -0.2) is 88.2 Å². The minimum atomic E-state index is -4.01. The predicted molar refractivity (Wildman–Crippen MR) is 220 cm³/mol. The Hall–Kier alpha value is -5.05. The lowest BCUT2D eigenvalue weighted by atomic mass is 9.85. The first kappa shape index (κ1) is 40.7. The van der Waals surface area contributed by atoms with E-state index < -0.39 is 73.6 Å². The molecule has 14 nitrogen and oxygen atoms in total. The number of hydrogen-bond donors (Lipinski definition) is 3. The predicted octanol–water partition coefficient (Wildman–Crippen LogP) is 5.35. The van der Waals surface area contributed by atoms with Crippen LogP contribution in [0.25, 0.3) is 22.0 Å². The van der Waals surface area contributed by atoms with Gasteiger partial charge in [-0.2, -0.15) is 0 Å². The molecule has 1 aromatic carbocycles. The number of nitrogens with one attached hydrogen (secondary N) is 3. The van der Waals surface area contributed by atoms with Crippen molar-refractivity contribution in [1.29, 1.82) is 0 Å². The average Bonchev–Trinajstić information content (AvgIpc) is 4.15. The SMILES string of the molecule is C=C[C@@H]1C[C@]1(NC(=O)[C@@H]1C[C@@H]2CN1C(=O)[C@H](C(C)(C)C)NC(=O)O[C@@H]1C[C@H]1CCCCCc1c(nc3ccccc3c1-c1cccnc1)O2)C(=O)NS(=O)(=O)C1(C)CC1. The fraction of sp³-hybridized carbons (Fsp3) is 0.545. The molecule has 7 atom stereocenters. The molecule has 3 N–H and O–H groups in total. The van der Waals surface area contributed by atoms with Crippen LogP contribution >= 0.6 is 0 Å². The molecule has 4 amide bonds. The van der Waals surface area contributed by atoms with Gasteiger partial charge >= 0.3 is 6.09 Å². The van der Waals surface area contributed by atoms with Crippen LogP contribution in [0.3, 0.4) is 0 Å². The van der Waals surface area contributed by atoms with Gasteiger partial charge in [-0.05, 0) is 75.3 Å². The normalized spacial score (nSPS) is 29.3. The highest BCUT2D eigenvalue weighted by atomic mass is 32.2. The summed E-state index contributed by atoms with van der Waals surface area (Å²) in [5.41, 5.74) is 1.13. The number of sulfonamides is 1. The summed E-state index contributed by atoms with van der Waals surface area (Å²) in [6, 6.07) is 9.53.